The molecule has 0 saturated heterocycles. The van der Waals surface area contributed by atoms with Crippen molar-refractivity contribution in [3.63, 3.8) is 0 Å². The summed E-state index contributed by atoms with van der Waals surface area (Å²) in [5.74, 6) is -7.64. The number of carboxylic acids is 4. The number of ether oxygens (including phenoxy) is 1. The van der Waals surface area contributed by atoms with Gasteiger partial charge in [-0.1, -0.05) is 30.3 Å². The molecule has 0 aliphatic rings. The fourth-order valence-corrected chi connectivity index (χ4v) is 2.13. The number of aliphatic carboxylic acids is 3. The minimum Gasteiger partial charge on any atom is -0.507 e. The van der Waals surface area contributed by atoms with Crippen molar-refractivity contribution in [1.82, 2.24) is 0 Å². The van der Waals surface area contributed by atoms with Crippen molar-refractivity contribution in [3.8, 4) is 5.75 Å². The van der Waals surface area contributed by atoms with Crippen molar-refractivity contribution in [2.24, 2.45) is 0 Å². The highest BCUT2D eigenvalue weighted by Crippen LogP contribution is 2.16. The number of hydrogen-bond donors (Lipinski definition) is 6. The Morgan fingerprint density at radius 1 is 0.771 bits per heavy atom. The maximum atomic E-state index is 11.1. The van der Waals surface area contributed by atoms with Crippen molar-refractivity contribution >= 4 is 35.8 Å². The SMILES string of the molecule is CC(=O)OC(=O)c1ccccc1O.O=C(O)CC(O)(CC(=O)O)C(=O)O.O=C(O)c1ccccc1. The van der Waals surface area contributed by atoms with E-state index in [4.69, 9.17) is 25.5 Å². The van der Waals surface area contributed by atoms with Crippen LogP contribution in [0.5, 0.6) is 5.75 Å². The summed E-state index contributed by atoms with van der Waals surface area (Å²) in [5, 5.41) is 51.4. The molecule has 13 heteroatoms. The van der Waals surface area contributed by atoms with Gasteiger partial charge in [-0.3, -0.25) is 14.4 Å². The van der Waals surface area contributed by atoms with E-state index in [-0.39, 0.29) is 11.3 Å². The van der Waals surface area contributed by atoms with E-state index in [1.165, 1.54) is 12.1 Å². The number of hydrogen-bond acceptors (Lipinski definition) is 9. The van der Waals surface area contributed by atoms with Gasteiger partial charge in [-0.2, -0.15) is 0 Å². The van der Waals surface area contributed by atoms with Gasteiger partial charge < -0.3 is 35.4 Å². The van der Waals surface area contributed by atoms with E-state index >= 15 is 0 Å². The third-order valence-electron chi connectivity index (χ3n) is 3.67. The van der Waals surface area contributed by atoms with Crippen molar-refractivity contribution in [3.05, 3.63) is 65.7 Å². The summed E-state index contributed by atoms with van der Waals surface area (Å²) in [6.07, 6.45) is -2.29. The van der Waals surface area contributed by atoms with Gasteiger partial charge in [0.1, 0.15) is 11.3 Å². The second-order valence-electron chi connectivity index (χ2n) is 6.55. The van der Waals surface area contributed by atoms with Crippen molar-refractivity contribution in [1.29, 1.82) is 0 Å². The van der Waals surface area contributed by atoms with Crippen LogP contribution in [-0.2, 0) is 23.9 Å². The van der Waals surface area contributed by atoms with Crippen molar-refractivity contribution in [2.45, 2.75) is 25.4 Å². The molecule has 2 aromatic rings. The molecule has 0 saturated carbocycles. The normalized spacial score (nSPS) is 9.77. The third kappa shape index (κ3) is 12.1. The molecule has 0 fully saturated rings. The van der Waals surface area contributed by atoms with Gasteiger partial charge in [0, 0.05) is 6.92 Å². The van der Waals surface area contributed by atoms with Crippen LogP contribution in [0.2, 0.25) is 0 Å². The minimum absolute atomic E-state index is 0.0160. The molecule has 0 bridgehead atoms. The number of carboxylic acid groups (broad SMARTS) is 4. The van der Waals surface area contributed by atoms with Crippen LogP contribution in [-0.4, -0.2) is 72.1 Å². The molecular formula is C22H22O13. The summed E-state index contributed by atoms with van der Waals surface area (Å²) in [6, 6.07) is 14.2. The van der Waals surface area contributed by atoms with Gasteiger partial charge in [0.05, 0.1) is 18.4 Å². The lowest BCUT2D eigenvalue weighted by Gasteiger charge is -2.18. The molecule has 0 atom stereocenters. The lowest BCUT2D eigenvalue weighted by atomic mass is 9.96. The average molecular weight is 494 g/mol. The molecule has 0 aliphatic heterocycles. The maximum Gasteiger partial charge on any atom is 0.349 e. The number of phenolic OH excluding ortho intramolecular Hbond substituents is 1. The molecule has 188 valence electrons. The molecular weight excluding hydrogens is 472 g/mol. The first-order valence-electron chi connectivity index (χ1n) is 9.38. The summed E-state index contributed by atoms with van der Waals surface area (Å²) >= 11 is 0. The summed E-state index contributed by atoms with van der Waals surface area (Å²) < 4.78 is 4.28. The molecule has 35 heavy (non-hydrogen) atoms. The van der Waals surface area contributed by atoms with E-state index in [0.29, 0.717) is 5.56 Å². The second kappa shape index (κ2) is 14.4. The van der Waals surface area contributed by atoms with Crippen LogP contribution >= 0.6 is 0 Å². The van der Waals surface area contributed by atoms with Gasteiger partial charge >= 0.3 is 35.8 Å². The number of phenols is 1. The van der Waals surface area contributed by atoms with Crippen LogP contribution in [0.25, 0.3) is 0 Å². The van der Waals surface area contributed by atoms with Gasteiger partial charge in [-0.25, -0.2) is 14.4 Å². The zero-order valence-electron chi connectivity index (χ0n) is 18.2. The van der Waals surface area contributed by atoms with Gasteiger partial charge in [0.2, 0.25) is 0 Å². The molecule has 0 radical (unpaired) electrons. The number of rotatable bonds is 7. The fraction of sp³-hybridized carbons (Fsp3) is 0.182. The van der Waals surface area contributed by atoms with E-state index in [1.807, 2.05) is 0 Å². The molecule has 13 nitrogen and oxygen atoms in total. The molecule has 2 rings (SSSR count). The summed E-state index contributed by atoms with van der Waals surface area (Å²) in [4.78, 5) is 62.2. The van der Waals surface area contributed by atoms with Crippen LogP contribution in [0.1, 0.15) is 40.5 Å². The second-order valence-corrected chi connectivity index (χ2v) is 6.55. The Labute approximate surface area is 197 Å². The van der Waals surface area contributed by atoms with E-state index in [9.17, 15) is 33.9 Å². The van der Waals surface area contributed by atoms with E-state index < -0.39 is 54.3 Å². The molecule has 0 aromatic heterocycles. The monoisotopic (exact) mass is 494 g/mol. The Morgan fingerprint density at radius 2 is 1.23 bits per heavy atom. The molecule has 0 unspecified atom stereocenters. The summed E-state index contributed by atoms with van der Waals surface area (Å²) in [6.45, 7) is 1.12. The predicted octanol–water partition coefficient (Wildman–Crippen LogP) is 1.23. The Morgan fingerprint density at radius 3 is 1.57 bits per heavy atom. The first kappa shape index (κ1) is 30.2. The van der Waals surface area contributed by atoms with Crippen LogP contribution in [0, 0.1) is 0 Å². The smallest absolute Gasteiger partial charge is 0.349 e. The van der Waals surface area contributed by atoms with Crippen LogP contribution in [0.4, 0.5) is 0 Å². The highest BCUT2D eigenvalue weighted by atomic mass is 16.6. The van der Waals surface area contributed by atoms with Crippen molar-refractivity contribution in [2.75, 3.05) is 0 Å². The number of aliphatic hydroxyl groups is 1. The number of carbonyl (C=O) groups excluding carboxylic acids is 2. The quantitative estimate of drug-likeness (QED) is 0.235. The highest BCUT2D eigenvalue weighted by molar-refractivity contribution is 5.98. The van der Waals surface area contributed by atoms with Gasteiger partial charge in [-0.15, -0.1) is 0 Å². The number of carbonyl (C=O) groups is 6. The maximum absolute atomic E-state index is 11.1. The van der Waals surface area contributed by atoms with Crippen LogP contribution in [0.3, 0.4) is 0 Å². The molecule has 0 spiro atoms. The molecule has 6 N–H and O–H groups in total. The molecule has 0 heterocycles. The number of aromatic hydroxyl groups is 1. The van der Waals surface area contributed by atoms with Gasteiger partial charge in [0.25, 0.3) is 0 Å². The first-order valence-corrected chi connectivity index (χ1v) is 9.38. The van der Waals surface area contributed by atoms with E-state index in [2.05, 4.69) is 4.74 Å². The third-order valence-corrected chi connectivity index (χ3v) is 3.67. The number of para-hydroxylation sites is 1. The lowest BCUT2D eigenvalue weighted by molar-refractivity contribution is -0.170. The number of esters is 2. The standard InChI is InChI=1S/C9H8O4.C7H6O2.C6H8O7/c1-6(10)13-9(12)7-4-2-3-5-8(7)11;8-7(9)6-4-2-1-3-5-6;7-3(8)1-6(13,5(11)12)2-4(9)10/h2-5,11H,1H3;1-5H,(H,8,9);13H,1-2H2,(H,7,8)(H,9,10)(H,11,12). The average Bonchev–Trinajstić information content (AvgIpc) is 2.74. The lowest BCUT2D eigenvalue weighted by Crippen LogP contribution is -2.42. The zero-order valence-corrected chi connectivity index (χ0v) is 18.2. The first-order chi connectivity index (χ1) is 16.2. The Bertz CT molecular complexity index is 1040. The topological polar surface area (TPSA) is 233 Å². The van der Waals surface area contributed by atoms with Crippen LogP contribution < -0.4 is 0 Å². The summed E-state index contributed by atoms with van der Waals surface area (Å²) in [5.41, 5.74) is -2.42. The Hall–Kier alpha value is -4.78. The zero-order chi connectivity index (χ0) is 27.2. The largest absolute Gasteiger partial charge is 0.507 e. The van der Waals surface area contributed by atoms with E-state index in [1.54, 1.807) is 42.5 Å². The molecule has 2 aromatic carbocycles. The van der Waals surface area contributed by atoms with Gasteiger partial charge in [0.15, 0.2) is 5.60 Å². The predicted molar refractivity (Wildman–Crippen MR) is 115 cm³/mol. The molecule has 0 aliphatic carbocycles. The van der Waals surface area contributed by atoms with Crippen LogP contribution in [0.15, 0.2) is 54.6 Å². The number of benzene rings is 2. The number of aromatic carboxylic acids is 1. The highest BCUT2D eigenvalue weighted by Gasteiger charge is 2.40. The summed E-state index contributed by atoms with van der Waals surface area (Å²) in [7, 11) is 0. The van der Waals surface area contributed by atoms with E-state index in [0.717, 1.165) is 6.92 Å². The minimum atomic E-state index is -2.74. The fourth-order valence-electron chi connectivity index (χ4n) is 2.13. The van der Waals surface area contributed by atoms with Gasteiger partial charge in [-0.05, 0) is 24.3 Å². The molecule has 0 amide bonds. The van der Waals surface area contributed by atoms with Crippen molar-refractivity contribution < 1.29 is 64.1 Å². The Balaban J connectivity index is 0.000000504. The Kier molecular flexibility index (Phi) is 12.4.